The summed E-state index contributed by atoms with van der Waals surface area (Å²) in [7, 11) is -3.89. The molecule has 0 rings (SSSR count). The van der Waals surface area contributed by atoms with Crippen LogP contribution in [0.25, 0.3) is 0 Å². The predicted octanol–water partition coefficient (Wildman–Crippen LogP) is 3.85. The number of nitrogens with zero attached hydrogens (tertiary/aromatic N) is 1. The van der Waals surface area contributed by atoms with Crippen molar-refractivity contribution in [2.75, 3.05) is 12.3 Å². The van der Waals surface area contributed by atoms with E-state index in [1.165, 1.54) is 103 Å². The summed E-state index contributed by atoms with van der Waals surface area (Å²) in [4.78, 5) is 3.94. The summed E-state index contributed by atoms with van der Waals surface area (Å²) in [5, 5.41) is 11.6. The molecule has 0 atom stereocenters. The van der Waals surface area contributed by atoms with Crippen molar-refractivity contribution in [2.24, 2.45) is 4.99 Å². The van der Waals surface area contributed by atoms with E-state index in [1.807, 2.05) is 0 Å². The third kappa shape index (κ3) is 31.0. The number of aliphatic imine (C=N–C) groups is 1. The summed E-state index contributed by atoms with van der Waals surface area (Å²) in [6.07, 6.45) is 25.3. The Morgan fingerprint density at radius 3 is 1.41 bits per heavy atom. The standard InChI is InChI=1S/C25H51NO4S.K/c1-2-3-4-5-6-7-8-9-10-11-12-13-14-15-16-17-18-19-22-25(27)26-23-20-21-24-31(28,29)30;/h2-24H2,1H3,(H,26,27)(H,28,29,30);/q;+1/p-1. The summed E-state index contributed by atoms with van der Waals surface area (Å²) in [5.41, 5.74) is 0. The molecule has 7 heteroatoms. The van der Waals surface area contributed by atoms with E-state index >= 15 is 0 Å². The monoisotopic (exact) mass is 499 g/mol. The zero-order chi connectivity index (χ0) is 23.0. The maximum Gasteiger partial charge on any atom is 1.00 e. The third-order valence-electron chi connectivity index (χ3n) is 5.84. The molecule has 0 aliphatic heterocycles. The van der Waals surface area contributed by atoms with E-state index in [9.17, 15) is 13.5 Å². The van der Waals surface area contributed by atoms with Crippen LogP contribution in [0.5, 0.6) is 0 Å². The van der Waals surface area contributed by atoms with Crippen molar-refractivity contribution in [2.45, 2.75) is 142 Å². The van der Waals surface area contributed by atoms with Gasteiger partial charge in [0, 0.05) is 6.54 Å². The number of unbranched alkanes of at least 4 members (excludes halogenated alkanes) is 18. The number of rotatable bonds is 24. The third-order valence-corrected chi connectivity index (χ3v) is 6.65. The van der Waals surface area contributed by atoms with Gasteiger partial charge in [0.05, 0.1) is 5.75 Å². The number of hydrogen-bond donors (Lipinski definition) is 1. The Morgan fingerprint density at radius 2 is 1.03 bits per heavy atom. The van der Waals surface area contributed by atoms with Crippen molar-refractivity contribution < 1.29 is 69.5 Å². The van der Waals surface area contributed by atoms with Crippen LogP contribution >= 0.6 is 0 Å². The van der Waals surface area contributed by atoms with Gasteiger partial charge >= 0.3 is 51.4 Å². The van der Waals surface area contributed by atoms with E-state index in [4.69, 9.17) is 4.55 Å². The Kier molecular flexibility index (Phi) is 29.3. The predicted molar refractivity (Wildman–Crippen MR) is 131 cm³/mol. The summed E-state index contributed by atoms with van der Waals surface area (Å²) in [6.45, 7) is 2.63. The Balaban J connectivity index is 0. The summed E-state index contributed by atoms with van der Waals surface area (Å²) >= 11 is 0. The molecule has 0 aliphatic carbocycles. The molecule has 0 unspecified atom stereocenters. The van der Waals surface area contributed by atoms with Crippen molar-refractivity contribution in [1.29, 1.82) is 0 Å². The Morgan fingerprint density at radius 1 is 0.656 bits per heavy atom. The molecular formula is C25H50KNO4S. The first kappa shape index (κ1) is 35.2. The van der Waals surface area contributed by atoms with Crippen LogP contribution in [0, 0.1) is 0 Å². The average Bonchev–Trinajstić information content (AvgIpc) is 2.71. The molecule has 0 heterocycles. The van der Waals surface area contributed by atoms with Crippen molar-refractivity contribution in [3.8, 4) is 0 Å². The van der Waals surface area contributed by atoms with Gasteiger partial charge in [-0.3, -0.25) is 4.55 Å². The van der Waals surface area contributed by atoms with Crippen molar-refractivity contribution in [3.05, 3.63) is 0 Å². The molecule has 5 nitrogen and oxygen atoms in total. The molecule has 0 radical (unpaired) electrons. The smallest absolute Gasteiger partial charge is 0.862 e. The van der Waals surface area contributed by atoms with Crippen LogP contribution in [0.1, 0.15) is 142 Å². The molecule has 0 aromatic carbocycles. The molecule has 0 fully saturated rings. The SMILES string of the molecule is CCCCCCCCCCCCCCCCCCCCC([O-])=NCCCCS(=O)(=O)O.[K+]. The second kappa shape index (κ2) is 26.6. The minimum Gasteiger partial charge on any atom is -0.862 e. The van der Waals surface area contributed by atoms with Gasteiger partial charge in [-0.15, -0.1) is 0 Å². The fourth-order valence-electron chi connectivity index (χ4n) is 3.86. The fraction of sp³-hybridized carbons (Fsp3) is 0.960. The first-order chi connectivity index (χ1) is 15.0. The van der Waals surface area contributed by atoms with Crippen molar-refractivity contribution >= 4 is 16.0 Å². The summed E-state index contributed by atoms with van der Waals surface area (Å²) in [6, 6.07) is 0. The topological polar surface area (TPSA) is 89.8 Å². The molecule has 0 saturated carbocycles. The molecule has 186 valence electrons. The molecule has 0 saturated heterocycles. The molecule has 0 aromatic heterocycles. The van der Waals surface area contributed by atoms with Crippen LogP contribution < -0.4 is 56.5 Å². The molecule has 1 N–H and O–H groups in total. The first-order valence-electron chi connectivity index (χ1n) is 13.1. The van der Waals surface area contributed by atoms with Gasteiger partial charge in [-0.25, -0.2) is 0 Å². The average molecular weight is 500 g/mol. The Bertz CT molecular complexity index is 512. The van der Waals surface area contributed by atoms with E-state index in [1.54, 1.807) is 0 Å². The molecule has 0 aromatic rings. The Hall–Kier alpha value is 1.02. The van der Waals surface area contributed by atoms with E-state index in [0.717, 1.165) is 12.8 Å². The summed E-state index contributed by atoms with van der Waals surface area (Å²) < 4.78 is 29.8. The van der Waals surface area contributed by atoms with Gasteiger partial charge in [0.1, 0.15) is 0 Å². The second-order valence-electron chi connectivity index (χ2n) is 9.03. The van der Waals surface area contributed by atoms with Crippen LogP contribution in [-0.4, -0.2) is 31.2 Å². The van der Waals surface area contributed by atoms with Gasteiger partial charge in [-0.2, -0.15) is 8.42 Å². The minimum atomic E-state index is -3.89. The minimum absolute atomic E-state index is 0. The zero-order valence-corrected chi connectivity index (χ0v) is 25.2. The van der Waals surface area contributed by atoms with E-state index in [-0.39, 0.29) is 63.0 Å². The second-order valence-corrected chi connectivity index (χ2v) is 10.6. The van der Waals surface area contributed by atoms with Gasteiger partial charge in [0.15, 0.2) is 0 Å². The van der Waals surface area contributed by atoms with Crippen molar-refractivity contribution in [1.82, 2.24) is 0 Å². The maximum absolute atomic E-state index is 11.6. The van der Waals surface area contributed by atoms with Crippen LogP contribution in [0.2, 0.25) is 0 Å². The largest absolute Gasteiger partial charge is 1.00 e. The molecule has 0 aliphatic rings. The molecule has 0 spiro atoms. The van der Waals surface area contributed by atoms with Gasteiger partial charge in [0.2, 0.25) is 0 Å². The van der Waals surface area contributed by atoms with Crippen LogP contribution in [0.4, 0.5) is 0 Å². The maximum atomic E-state index is 11.6. The van der Waals surface area contributed by atoms with Crippen LogP contribution in [-0.2, 0) is 10.1 Å². The first-order valence-corrected chi connectivity index (χ1v) is 14.7. The summed E-state index contributed by atoms with van der Waals surface area (Å²) in [5.74, 6) is -0.334. The fourth-order valence-corrected chi connectivity index (χ4v) is 4.43. The zero-order valence-electron chi connectivity index (χ0n) is 21.3. The van der Waals surface area contributed by atoms with E-state index in [0.29, 0.717) is 25.8 Å². The van der Waals surface area contributed by atoms with Gasteiger partial charge in [0.25, 0.3) is 10.1 Å². The Labute approximate surface area is 242 Å². The molecule has 32 heavy (non-hydrogen) atoms. The van der Waals surface area contributed by atoms with Crippen LogP contribution in [0.15, 0.2) is 4.99 Å². The van der Waals surface area contributed by atoms with Gasteiger partial charge < -0.3 is 10.1 Å². The molecule has 0 amide bonds. The van der Waals surface area contributed by atoms with E-state index < -0.39 is 10.1 Å². The van der Waals surface area contributed by atoms with Gasteiger partial charge in [-0.05, 0) is 31.6 Å². The van der Waals surface area contributed by atoms with E-state index in [2.05, 4.69) is 11.9 Å². The quantitative estimate of drug-likeness (QED) is 0.0718. The molecular weight excluding hydrogens is 449 g/mol. The number of hydrogen-bond acceptors (Lipinski definition) is 4. The van der Waals surface area contributed by atoms with Crippen molar-refractivity contribution in [3.63, 3.8) is 0 Å². The van der Waals surface area contributed by atoms with Gasteiger partial charge in [-0.1, -0.05) is 116 Å². The normalized spacial score (nSPS) is 12.1. The molecule has 0 bridgehead atoms. The van der Waals surface area contributed by atoms with Crippen LogP contribution in [0.3, 0.4) is 0 Å².